The van der Waals surface area contributed by atoms with Crippen molar-refractivity contribution in [1.82, 2.24) is 5.32 Å². The summed E-state index contributed by atoms with van der Waals surface area (Å²) in [7, 11) is 0. The molecule has 0 aromatic heterocycles. The highest BCUT2D eigenvalue weighted by atomic mass is 16.1. The molecule has 3 nitrogen and oxygen atoms in total. The zero-order valence-electron chi connectivity index (χ0n) is 11.9. The summed E-state index contributed by atoms with van der Waals surface area (Å²) in [6, 6.07) is 13.8. The topological polar surface area (TPSA) is 55.1 Å². The molecule has 3 heteroatoms. The third kappa shape index (κ3) is 3.58. The summed E-state index contributed by atoms with van der Waals surface area (Å²) in [5.41, 5.74) is 6.33. The van der Waals surface area contributed by atoms with Crippen LogP contribution >= 0.6 is 0 Å². The van der Waals surface area contributed by atoms with Crippen molar-refractivity contribution in [3.8, 4) is 0 Å². The van der Waals surface area contributed by atoms with Crippen molar-refractivity contribution >= 4 is 16.7 Å². The minimum Gasteiger partial charge on any atom is -0.352 e. The van der Waals surface area contributed by atoms with E-state index >= 15 is 0 Å². The Kier molecular flexibility index (Phi) is 5.13. The third-order valence-corrected chi connectivity index (χ3v) is 3.60. The number of hydrogen-bond donors (Lipinski definition) is 2. The molecule has 2 aromatic rings. The van der Waals surface area contributed by atoms with Crippen LogP contribution < -0.4 is 11.1 Å². The van der Waals surface area contributed by atoms with Crippen molar-refractivity contribution in [1.29, 1.82) is 0 Å². The Morgan fingerprint density at radius 1 is 1.20 bits per heavy atom. The minimum atomic E-state index is 0.00204. The SMILES string of the molecule is CC(CN)CCCNC(=O)c1cccc2ccccc12. The monoisotopic (exact) mass is 270 g/mol. The first-order chi connectivity index (χ1) is 9.72. The van der Waals surface area contributed by atoms with Crippen molar-refractivity contribution in [2.45, 2.75) is 19.8 Å². The number of nitrogens with one attached hydrogen (secondary N) is 1. The number of benzene rings is 2. The molecule has 0 saturated heterocycles. The number of nitrogens with two attached hydrogens (primary N) is 1. The molecule has 0 spiro atoms. The molecule has 0 bridgehead atoms. The van der Waals surface area contributed by atoms with Gasteiger partial charge in [0.25, 0.3) is 5.91 Å². The molecule has 20 heavy (non-hydrogen) atoms. The molecule has 0 radical (unpaired) electrons. The van der Waals surface area contributed by atoms with Crippen LogP contribution in [0.4, 0.5) is 0 Å². The predicted octanol–water partition coefficient (Wildman–Crippen LogP) is 2.94. The van der Waals surface area contributed by atoms with E-state index in [2.05, 4.69) is 12.2 Å². The first-order valence-electron chi connectivity index (χ1n) is 7.18. The molecule has 0 heterocycles. The Bertz CT molecular complexity index is 575. The standard InChI is InChI=1S/C17H22N2O/c1-13(12-18)6-5-11-19-17(20)16-10-4-8-14-7-2-3-9-15(14)16/h2-4,7-10,13H,5-6,11-12,18H2,1H3,(H,19,20). The Labute approximate surface area is 120 Å². The highest BCUT2D eigenvalue weighted by molar-refractivity contribution is 6.06. The smallest absolute Gasteiger partial charge is 0.251 e. The van der Waals surface area contributed by atoms with Gasteiger partial charge in [-0.25, -0.2) is 0 Å². The van der Waals surface area contributed by atoms with Gasteiger partial charge in [-0.1, -0.05) is 43.3 Å². The van der Waals surface area contributed by atoms with Gasteiger partial charge in [-0.2, -0.15) is 0 Å². The Morgan fingerprint density at radius 3 is 2.75 bits per heavy atom. The molecular formula is C17H22N2O. The average Bonchev–Trinajstić information content (AvgIpc) is 2.50. The predicted molar refractivity (Wildman–Crippen MR) is 83.7 cm³/mol. The molecule has 2 rings (SSSR count). The molecule has 1 atom stereocenters. The largest absolute Gasteiger partial charge is 0.352 e. The molecule has 0 aliphatic heterocycles. The number of carbonyl (C=O) groups is 1. The molecule has 0 saturated carbocycles. The summed E-state index contributed by atoms with van der Waals surface area (Å²) in [5, 5.41) is 5.09. The van der Waals surface area contributed by atoms with Gasteiger partial charge < -0.3 is 11.1 Å². The van der Waals surface area contributed by atoms with Gasteiger partial charge in [-0.15, -0.1) is 0 Å². The summed E-state index contributed by atoms with van der Waals surface area (Å²) in [5.74, 6) is 0.520. The number of fused-ring (bicyclic) bond motifs is 1. The van der Waals surface area contributed by atoms with Crippen molar-refractivity contribution in [3.05, 3.63) is 48.0 Å². The van der Waals surface area contributed by atoms with Gasteiger partial charge in [0.15, 0.2) is 0 Å². The normalized spacial score (nSPS) is 12.3. The zero-order valence-corrected chi connectivity index (χ0v) is 11.9. The zero-order chi connectivity index (χ0) is 14.4. The van der Waals surface area contributed by atoms with Crippen LogP contribution in [0.5, 0.6) is 0 Å². The van der Waals surface area contributed by atoms with E-state index in [9.17, 15) is 4.79 Å². The van der Waals surface area contributed by atoms with E-state index in [-0.39, 0.29) is 5.91 Å². The van der Waals surface area contributed by atoms with Crippen molar-refractivity contribution in [2.24, 2.45) is 11.7 Å². The third-order valence-electron chi connectivity index (χ3n) is 3.60. The fourth-order valence-electron chi connectivity index (χ4n) is 2.29. The maximum Gasteiger partial charge on any atom is 0.251 e. The van der Waals surface area contributed by atoms with Gasteiger partial charge in [0, 0.05) is 12.1 Å². The maximum atomic E-state index is 12.2. The van der Waals surface area contributed by atoms with Gasteiger partial charge >= 0.3 is 0 Å². The second-order valence-electron chi connectivity index (χ2n) is 5.27. The summed E-state index contributed by atoms with van der Waals surface area (Å²) in [6.45, 7) is 3.54. The minimum absolute atomic E-state index is 0.00204. The van der Waals surface area contributed by atoms with Gasteiger partial charge in [-0.3, -0.25) is 4.79 Å². The van der Waals surface area contributed by atoms with Crippen LogP contribution in [0.2, 0.25) is 0 Å². The van der Waals surface area contributed by atoms with E-state index in [0.29, 0.717) is 19.0 Å². The summed E-state index contributed by atoms with van der Waals surface area (Å²) in [4.78, 5) is 12.2. The highest BCUT2D eigenvalue weighted by Gasteiger charge is 2.08. The first-order valence-corrected chi connectivity index (χ1v) is 7.18. The maximum absolute atomic E-state index is 12.2. The fraction of sp³-hybridized carbons (Fsp3) is 0.353. The molecule has 106 valence electrons. The van der Waals surface area contributed by atoms with Crippen LogP contribution in [-0.4, -0.2) is 19.0 Å². The molecule has 0 aliphatic rings. The van der Waals surface area contributed by atoms with Gasteiger partial charge in [0.2, 0.25) is 0 Å². The number of rotatable bonds is 6. The number of amides is 1. The lowest BCUT2D eigenvalue weighted by molar-refractivity contribution is 0.0954. The lowest BCUT2D eigenvalue weighted by atomic mass is 10.0. The van der Waals surface area contributed by atoms with Crippen LogP contribution in [0.15, 0.2) is 42.5 Å². The molecule has 0 aliphatic carbocycles. The van der Waals surface area contributed by atoms with Gasteiger partial charge in [-0.05, 0) is 42.1 Å². The Hall–Kier alpha value is -1.87. The molecule has 3 N–H and O–H groups in total. The second-order valence-corrected chi connectivity index (χ2v) is 5.27. The van der Waals surface area contributed by atoms with Crippen LogP contribution in [0, 0.1) is 5.92 Å². The van der Waals surface area contributed by atoms with E-state index in [0.717, 1.165) is 29.2 Å². The Balaban J connectivity index is 1.98. The van der Waals surface area contributed by atoms with Crippen LogP contribution in [0.25, 0.3) is 10.8 Å². The molecular weight excluding hydrogens is 248 g/mol. The van der Waals surface area contributed by atoms with Gasteiger partial charge in [0.1, 0.15) is 0 Å². The molecule has 1 unspecified atom stereocenters. The second kappa shape index (κ2) is 7.06. The molecule has 1 amide bonds. The number of carbonyl (C=O) groups excluding carboxylic acids is 1. The quantitative estimate of drug-likeness (QED) is 0.793. The van der Waals surface area contributed by atoms with Crippen molar-refractivity contribution in [3.63, 3.8) is 0 Å². The number of hydrogen-bond acceptors (Lipinski definition) is 2. The lowest BCUT2D eigenvalue weighted by Gasteiger charge is -2.10. The molecule has 2 aromatic carbocycles. The molecule has 0 fully saturated rings. The van der Waals surface area contributed by atoms with Crippen molar-refractivity contribution in [2.75, 3.05) is 13.1 Å². The summed E-state index contributed by atoms with van der Waals surface area (Å²) >= 11 is 0. The highest BCUT2D eigenvalue weighted by Crippen LogP contribution is 2.18. The average molecular weight is 270 g/mol. The fourth-order valence-corrected chi connectivity index (χ4v) is 2.29. The van der Waals surface area contributed by atoms with E-state index in [1.54, 1.807) is 0 Å². The van der Waals surface area contributed by atoms with E-state index < -0.39 is 0 Å². The van der Waals surface area contributed by atoms with E-state index in [4.69, 9.17) is 5.73 Å². The van der Waals surface area contributed by atoms with Crippen LogP contribution in [0.1, 0.15) is 30.1 Å². The first kappa shape index (κ1) is 14.5. The Morgan fingerprint density at radius 2 is 1.95 bits per heavy atom. The summed E-state index contributed by atoms with van der Waals surface area (Å²) in [6.07, 6.45) is 2.02. The van der Waals surface area contributed by atoms with Crippen molar-refractivity contribution < 1.29 is 4.79 Å². The van der Waals surface area contributed by atoms with Crippen LogP contribution in [0.3, 0.4) is 0 Å². The summed E-state index contributed by atoms with van der Waals surface area (Å²) < 4.78 is 0. The van der Waals surface area contributed by atoms with Crippen LogP contribution in [-0.2, 0) is 0 Å². The van der Waals surface area contributed by atoms with Gasteiger partial charge in [0.05, 0.1) is 0 Å². The van der Waals surface area contributed by atoms with E-state index in [1.165, 1.54) is 0 Å². The van der Waals surface area contributed by atoms with E-state index in [1.807, 2.05) is 42.5 Å². The lowest BCUT2D eigenvalue weighted by Crippen LogP contribution is -2.25.